The van der Waals surface area contributed by atoms with Crippen molar-refractivity contribution < 1.29 is 0 Å². The van der Waals surface area contributed by atoms with E-state index >= 15 is 0 Å². The van der Waals surface area contributed by atoms with E-state index in [2.05, 4.69) is 20.0 Å². The minimum atomic E-state index is 0.548. The first-order valence-electron chi connectivity index (χ1n) is 5.61. The van der Waals surface area contributed by atoms with Gasteiger partial charge in [0.25, 0.3) is 0 Å². The molecular formula is C11H11Cl2N5. The fourth-order valence-corrected chi connectivity index (χ4v) is 2.48. The molecule has 2 aromatic rings. The van der Waals surface area contributed by atoms with Gasteiger partial charge < -0.3 is 4.90 Å². The Labute approximate surface area is 114 Å². The van der Waals surface area contributed by atoms with Gasteiger partial charge in [0.05, 0.1) is 17.4 Å². The maximum atomic E-state index is 6.04. The van der Waals surface area contributed by atoms with Crippen LogP contribution < -0.4 is 4.90 Å². The second kappa shape index (κ2) is 4.74. The lowest BCUT2D eigenvalue weighted by Gasteiger charge is -2.40. The molecule has 3 heterocycles. The van der Waals surface area contributed by atoms with E-state index in [1.807, 2.05) is 10.9 Å². The largest absolute Gasteiger partial charge is 0.354 e. The second-order valence-corrected chi connectivity index (χ2v) is 5.19. The lowest BCUT2D eigenvalue weighted by atomic mass is 10.0. The Morgan fingerprint density at radius 3 is 2.78 bits per heavy atom. The monoisotopic (exact) mass is 283 g/mol. The molecule has 0 spiro atoms. The second-order valence-electron chi connectivity index (χ2n) is 4.35. The number of anilines is 1. The van der Waals surface area contributed by atoms with Crippen molar-refractivity contribution in [3.8, 4) is 0 Å². The summed E-state index contributed by atoms with van der Waals surface area (Å²) in [5.74, 6) is 1.36. The first-order chi connectivity index (χ1) is 8.72. The number of halogens is 2. The SMILES string of the molecule is Clc1cnn(CC2CN(c3ncncc3Cl)C2)c1. The lowest BCUT2D eigenvalue weighted by Crippen LogP contribution is -2.49. The highest BCUT2D eigenvalue weighted by Gasteiger charge is 2.29. The molecular weight excluding hydrogens is 273 g/mol. The summed E-state index contributed by atoms with van der Waals surface area (Å²) in [5, 5.41) is 5.43. The summed E-state index contributed by atoms with van der Waals surface area (Å²) in [6, 6.07) is 0. The van der Waals surface area contributed by atoms with Crippen molar-refractivity contribution in [1.29, 1.82) is 0 Å². The molecule has 0 N–H and O–H groups in total. The molecule has 1 aliphatic heterocycles. The average Bonchev–Trinajstić information content (AvgIpc) is 2.70. The summed E-state index contributed by atoms with van der Waals surface area (Å²) in [4.78, 5) is 10.2. The Bertz CT molecular complexity index is 550. The molecule has 0 radical (unpaired) electrons. The molecule has 7 heteroatoms. The van der Waals surface area contributed by atoms with E-state index in [1.165, 1.54) is 6.33 Å². The van der Waals surface area contributed by atoms with Crippen molar-refractivity contribution in [3.63, 3.8) is 0 Å². The predicted octanol–water partition coefficient (Wildman–Crippen LogP) is 2.12. The van der Waals surface area contributed by atoms with Gasteiger partial charge in [0.2, 0.25) is 0 Å². The number of hydrogen-bond acceptors (Lipinski definition) is 4. The molecule has 1 aliphatic rings. The van der Waals surface area contributed by atoms with Gasteiger partial charge >= 0.3 is 0 Å². The van der Waals surface area contributed by atoms with Crippen molar-refractivity contribution in [1.82, 2.24) is 19.7 Å². The Balaban J connectivity index is 1.59. The topological polar surface area (TPSA) is 46.8 Å². The van der Waals surface area contributed by atoms with Gasteiger partial charge in [0.15, 0.2) is 5.82 Å². The number of hydrogen-bond donors (Lipinski definition) is 0. The van der Waals surface area contributed by atoms with Crippen molar-refractivity contribution in [2.45, 2.75) is 6.54 Å². The van der Waals surface area contributed by atoms with E-state index in [-0.39, 0.29) is 0 Å². The van der Waals surface area contributed by atoms with Crippen LogP contribution in [0, 0.1) is 5.92 Å². The smallest absolute Gasteiger partial charge is 0.150 e. The number of rotatable bonds is 3. The van der Waals surface area contributed by atoms with Gasteiger partial charge in [0, 0.05) is 31.7 Å². The van der Waals surface area contributed by atoms with Crippen LogP contribution in [0.2, 0.25) is 10.0 Å². The minimum Gasteiger partial charge on any atom is -0.354 e. The molecule has 0 unspecified atom stereocenters. The molecule has 0 amide bonds. The number of aromatic nitrogens is 4. The van der Waals surface area contributed by atoms with Gasteiger partial charge in [-0.15, -0.1) is 0 Å². The van der Waals surface area contributed by atoms with E-state index in [1.54, 1.807) is 12.4 Å². The molecule has 94 valence electrons. The average molecular weight is 284 g/mol. The Hall–Kier alpha value is -1.33. The van der Waals surface area contributed by atoms with Crippen LogP contribution in [-0.4, -0.2) is 32.8 Å². The van der Waals surface area contributed by atoms with Gasteiger partial charge in [-0.25, -0.2) is 9.97 Å². The van der Waals surface area contributed by atoms with Gasteiger partial charge in [0.1, 0.15) is 11.3 Å². The third-order valence-electron chi connectivity index (χ3n) is 2.95. The summed E-state index contributed by atoms with van der Waals surface area (Å²) >= 11 is 11.9. The van der Waals surface area contributed by atoms with Crippen molar-refractivity contribution in [2.75, 3.05) is 18.0 Å². The summed E-state index contributed by atoms with van der Waals surface area (Å²) in [6.07, 6.45) is 6.62. The quantitative estimate of drug-likeness (QED) is 0.866. The van der Waals surface area contributed by atoms with E-state index < -0.39 is 0 Å². The molecule has 0 saturated carbocycles. The zero-order valence-corrected chi connectivity index (χ0v) is 11.0. The normalized spacial score (nSPS) is 15.8. The van der Waals surface area contributed by atoms with Crippen molar-refractivity contribution in [3.05, 3.63) is 35.0 Å². The standard InChI is InChI=1S/C11H11Cl2N5/c12-9-1-16-18(6-9)5-8-3-17(4-8)11-10(13)2-14-7-15-11/h1-2,6-8H,3-5H2. The highest BCUT2D eigenvalue weighted by Crippen LogP contribution is 2.28. The molecule has 3 rings (SSSR count). The highest BCUT2D eigenvalue weighted by molar-refractivity contribution is 6.32. The summed E-state index contributed by atoms with van der Waals surface area (Å²) in [6.45, 7) is 2.72. The van der Waals surface area contributed by atoms with E-state index in [0.717, 1.165) is 25.5 Å². The molecule has 1 fully saturated rings. The van der Waals surface area contributed by atoms with Crippen LogP contribution in [0.3, 0.4) is 0 Å². The molecule has 0 bridgehead atoms. The molecule has 2 aromatic heterocycles. The maximum absolute atomic E-state index is 6.04. The van der Waals surface area contributed by atoms with Crippen LogP contribution in [0.4, 0.5) is 5.82 Å². The summed E-state index contributed by atoms with van der Waals surface area (Å²) in [5.41, 5.74) is 0. The molecule has 0 aliphatic carbocycles. The Kier molecular flexibility index (Phi) is 3.09. The maximum Gasteiger partial charge on any atom is 0.150 e. The van der Waals surface area contributed by atoms with Crippen LogP contribution in [-0.2, 0) is 6.54 Å². The first-order valence-corrected chi connectivity index (χ1v) is 6.36. The fourth-order valence-electron chi connectivity index (χ4n) is 2.10. The first kappa shape index (κ1) is 11.7. The van der Waals surface area contributed by atoms with Gasteiger partial charge in [-0.1, -0.05) is 23.2 Å². The Morgan fingerprint density at radius 1 is 1.28 bits per heavy atom. The van der Waals surface area contributed by atoms with Crippen LogP contribution >= 0.6 is 23.2 Å². The van der Waals surface area contributed by atoms with Gasteiger partial charge in [-0.3, -0.25) is 4.68 Å². The van der Waals surface area contributed by atoms with E-state index in [0.29, 0.717) is 16.0 Å². The molecule has 1 saturated heterocycles. The third-order valence-corrected chi connectivity index (χ3v) is 3.41. The molecule has 0 atom stereocenters. The van der Waals surface area contributed by atoms with E-state index in [4.69, 9.17) is 23.2 Å². The van der Waals surface area contributed by atoms with Crippen LogP contribution in [0.25, 0.3) is 0 Å². The molecule has 18 heavy (non-hydrogen) atoms. The minimum absolute atomic E-state index is 0.548. The zero-order valence-electron chi connectivity index (χ0n) is 9.50. The highest BCUT2D eigenvalue weighted by atomic mass is 35.5. The zero-order chi connectivity index (χ0) is 12.5. The number of nitrogens with zero attached hydrogens (tertiary/aromatic N) is 5. The lowest BCUT2D eigenvalue weighted by molar-refractivity contribution is 0.340. The van der Waals surface area contributed by atoms with Crippen LogP contribution in [0.15, 0.2) is 24.9 Å². The predicted molar refractivity (Wildman–Crippen MR) is 70.0 cm³/mol. The van der Waals surface area contributed by atoms with Crippen molar-refractivity contribution >= 4 is 29.0 Å². The van der Waals surface area contributed by atoms with Crippen LogP contribution in [0.1, 0.15) is 0 Å². The summed E-state index contributed by atoms with van der Waals surface area (Å²) < 4.78 is 1.87. The van der Waals surface area contributed by atoms with Crippen LogP contribution in [0.5, 0.6) is 0 Å². The fraction of sp³-hybridized carbons (Fsp3) is 0.364. The van der Waals surface area contributed by atoms with Crippen molar-refractivity contribution in [2.24, 2.45) is 5.92 Å². The third kappa shape index (κ3) is 2.28. The van der Waals surface area contributed by atoms with E-state index in [9.17, 15) is 0 Å². The summed E-state index contributed by atoms with van der Waals surface area (Å²) in [7, 11) is 0. The molecule has 5 nitrogen and oxygen atoms in total. The molecule has 0 aromatic carbocycles. The van der Waals surface area contributed by atoms with Gasteiger partial charge in [-0.2, -0.15) is 5.10 Å². The van der Waals surface area contributed by atoms with Gasteiger partial charge in [-0.05, 0) is 0 Å². The Morgan fingerprint density at radius 2 is 2.11 bits per heavy atom.